The summed E-state index contributed by atoms with van der Waals surface area (Å²) < 4.78 is 4.92. The molecule has 130 valence electrons. The molecule has 1 aromatic rings. The Kier molecular flexibility index (Phi) is 4.69. The Morgan fingerprint density at radius 3 is 2.42 bits per heavy atom. The fourth-order valence-corrected chi connectivity index (χ4v) is 3.55. The van der Waals surface area contributed by atoms with Gasteiger partial charge in [-0.15, -0.1) is 0 Å². The summed E-state index contributed by atoms with van der Waals surface area (Å²) in [6, 6.07) is 6.27. The lowest BCUT2D eigenvalue weighted by Gasteiger charge is -2.38. The summed E-state index contributed by atoms with van der Waals surface area (Å²) in [7, 11) is 1.35. The number of carbonyl (C=O) groups is 3. The van der Waals surface area contributed by atoms with E-state index in [-0.39, 0.29) is 23.1 Å². The highest BCUT2D eigenvalue weighted by molar-refractivity contribution is 6.01. The van der Waals surface area contributed by atoms with E-state index in [1.165, 1.54) is 13.2 Å². The number of aromatic carboxylic acids is 1. The lowest BCUT2D eigenvalue weighted by Crippen LogP contribution is -2.44. The van der Waals surface area contributed by atoms with Crippen molar-refractivity contribution in [2.24, 2.45) is 16.7 Å². The average Bonchev–Trinajstić information content (AvgIpc) is 2.78. The number of carbonyl (C=O) groups excluding carboxylic acids is 2. The first-order chi connectivity index (χ1) is 11.1. The Morgan fingerprint density at radius 2 is 1.83 bits per heavy atom. The number of ether oxygens (including phenoxy) is 1. The van der Waals surface area contributed by atoms with Crippen LogP contribution in [0.25, 0.3) is 0 Å². The zero-order chi connectivity index (χ0) is 18.1. The second-order valence-electron chi connectivity index (χ2n) is 6.98. The molecule has 0 aromatic heterocycles. The van der Waals surface area contributed by atoms with Gasteiger partial charge in [-0.25, -0.2) is 4.79 Å². The summed E-state index contributed by atoms with van der Waals surface area (Å²) in [6.45, 7) is 5.58. The number of esters is 1. The third-order valence-electron chi connectivity index (χ3n) is 5.59. The minimum atomic E-state index is -1.10. The standard InChI is InChI=1S/C18H23NO5/c1-17(2)12(9-10-18(17,3)16(23)24-4)14(20)19-13-8-6-5-7-11(13)15(21)22/h5-8,12H,9-10H2,1-4H3,(H,19,20)(H,21,22)/t12-,18-/m1/s1. The van der Waals surface area contributed by atoms with E-state index in [0.29, 0.717) is 12.8 Å². The molecular formula is C18H23NO5. The molecule has 0 heterocycles. The summed E-state index contributed by atoms with van der Waals surface area (Å²) in [5, 5.41) is 11.9. The SMILES string of the molecule is COC(=O)[C@@]1(C)CC[C@H](C(=O)Nc2ccccc2C(=O)O)C1(C)C. The van der Waals surface area contributed by atoms with Crippen LogP contribution in [0.4, 0.5) is 5.69 Å². The molecule has 2 atom stereocenters. The molecule has 2 rings (SSSR count). The van der Waals surface area contributed by atoms with Crippen molar-refractivity contribution in [1.29, 1.82) is 0 Å². The van der Waals surface area contributed by atoms with Crippen LogP contribution in [0.1, 0.15) is 44.0 Å². The Hall–Kier alpha value is -2.37. The van der Waals surface area contributed by atoms with Crippen LogP contribution in [0.3, 0.4) is 0 Å². The van der Waals surface area contributed by atoms with Crippen LogP contribution in [0, 0.1) is 16.7 Å². The molecular weight excluding hydrogens is 310 g/mol. The number of nitrogens with one attached hydrogen (secondary N) is 1. The van der Waals surface area contributed by atoms with Crippen LogP contribution in [-0.2, 0) is 14.3 Å². The number of carboxylic acid groups (broad SMARTS) is 1. The molecule has 1 aliphatic rings. The third kappa shape index (κ3) is 2.77. The Labute approximate surface area is 141 Å². The van der Waals surface area contributed by atoms with Crippen LogP contribution >= 0.6 is 0 Å². The summed E-state index contributed by atoms with van der Waals surface area (Å²) in [4.78, 5) is 36.2. The maximum Gasteiger partial charge on any atom is 0.337 e. The van der Waals surface area contributed by atoms with Crippen LogP contribution < -0.4 is 5.32 Å². The normalized spacial score (nSPS) is 25.1. The first-order valence-corrected chi connectivity index (χ1v) is 7.86. The quantitative estimate of drug-likeness (QED) is 0.826. The van der Waals surface area contributed by atoms with Crippen molar-refractivity contribution >= 4 is 23.5 Å². The van der Waals surface area contributed by atoms with Crippen LogP contribution in [0.5, 0.6) is 0 Å². The van der Waals surface area contributed by atoms with E-state index in [4.69, 9.17) is 4.74 Å². The topological polar surface area (TPSA) is 92.7 Å². The largest absolute Gasteiger partial charge is 0.478 e. The molecule has 6 nitrogen and oxygen atoms in total. The highest BCUT2D eigenvalue weighted by Crippen LogP contribution is 2.56. The molecule has 0 bridgehead atoms. The van der Waals surface area contributed by atoms with E-state index in [9.17, 15) is 19.5 Å². The maximum atomic E-state index is 12.7. The Morgan fingerprint density at radius 1 is 1.21 bits per heavy atom. The molecule has 0 aliphatic heterocycles. The van der Waals surface area contributed by atoms with Gasteiger partial charge in [0.25, 0.3) is 0 Å². The number of anilines is 1. The molecule has 2 N–H and O–H groups in total. The van der Waals surface area contributed by atoms with E-state index < -0.39 is 22.7 Å². The monoisotopic (exact) mass is 333 g/mol. The summed E-state index contributed by atoms with van der Waals surface area (Å²) in [5.41, 5.74) is -1.06. The van der Waals surface area contributed by atoms with Gasteiger partial charge in [-0.2, -0.15) is 0 Å². The molecule has 1 aliphatic carbocycles. The second-order valence-corrected chi connectivity index (χ2v) is 6.98. The van der Waals surface area contributed by atoms with E-state index in [2.05, 4.69) is 5.32 Å². The zero-order valence-corrected chi connectivity index (χ0v) is 14.4. The minimum absolute atomic E-state index is 0.0392. The lowest BCUT2D eigenvalue weighted by atomic mass is 9.65. The molecule has 1 fully saturated rings. The van der Waals surface area contributed by atoms with Gasteiger partial charge in [0.15, 0.2) is 0 Å². The highest BCUT2D eigenvalue weighted by atomic mass is 16.5. The smallest absolute Gasteiger partial charge is 0.337 e. The van der Waals surface area contributed by atoms with Gasteiger partial charge in [-0.3, -0.25) is 9.59 Å². The molecule has 0 spiro atoms. The molecule has 0 radical (unpaired) electrons. The van der Waals surface area contributed by atoms with Gasteiger partial charge in [0, 0.05) is 5.92 Å². The van der Waals surface area contributed by atoms with Crippen molar-refractivity contribution in [3.05, 3.63) is 29.8 Å². The summed E-state index contributed by atoms with van der Waals surface area (Å²) >= 11 is 0. The van der Waals surface area contributed by atoms with Crippen molar-refractivity contribution < 1.29 is 24.2 Å². The number of carboxylic acids is 1. The number of benzene rings is 1. The van der Waals surface area contributed by atoms with E-state index in [1.807, 2.05) is 20.8 Å². The van der Waals surface area contributed by atoms with Crippen molar-refractivity contribution in [2.45, 2.75) is 33.6 Å². The van der Waals surface area contributed by atoms with E-state index in [1.54, 1.807) is 18.2 Å². The number of para-hydroxylation sites is 1. The van der Waals surface area contributed by atoms with E-state index >= 15 is 0 Å². The van der Waals surface area contributed by atoms with Crippen molar-refractivity contribution in [3.63, 3.8) is 0 Å². The lowest BCUT2D eigenvalue weighted by molar-refractivity contribution is -0.158. The predicted molar refractivity (Wildman–Crippen MR) is 88.7 cm³/mol. The van der Waals surface area contributed by atoms with Gasteiger partial charge >= 0.3 is 11.9 Å². The van der Waals surface area contributed by atoms with Gasteiger partial charge in [-0.1, -0.05) is 26.0 Å². The maximum absolute atomic E-state index is 12.7. The first-order valence-electron chi connectivity index (χ1n) is 7.86. The van der Waals surface area contributed by atoms with Crippen LogP contribution in [-0.4, -0.2) is 30.1 Å². The van der Waals surface area contributed by atoms with Crippen molar-refractivity contribution in [1.82, 2.24) is 0 Å². The van der Waals surface area contributed by atoms with Gasteiger partial charge in [-0.05, 0) is 37.3 Å². The van der Waals surface area contributed by atoms with E-state index in [0.717, 1.165) is 0 Å². The highest BCUT2D eigenvalue weighted by Gasteiger charge is 2.58. The number of methoxy groups -OCH3 is 1. The Bertz CT molecular complexity index is 682. The molecule has 0 unspecified atom stereocenters. The molecule has 1 saturated carbocycles. The van der Waals surface area contributed by atoms with Crippen molar-refractivity contribution in [3.8, 4) is 0 Å². The van der Waals surface area contributed by atoms with Crippen LogP contribution in [0.2, 0.25) is 0 Å². The van der Waals surface area contributed by atoms with Gasteiger partial charge in [0.05, 0.1) is 23.8 Å². The second kappa shape index (κ2) is 6.26. The number of rotatable bonds is 4. The molecule has 6 heteroatoms. The average molecular weight is 333 g/mol. The van der Waals surface area contributed by atoms with Gasteiger partial charge < -0.3 is 15.2 Å². The number of amides is 1. The molecule has 1 amide bonds. The van der Waals surface area contributed by atoms with Crippen molar-refractivity contribution in [2.75, 3.05) is 12.4 Å². The summed E-state index contributed by atoms with van der Waals surface area (Å²) in [6.07, 6.45) is 1.09. The number of hydrogen-bond acceptors (Lipinski definition) is 4. The summed E-state index contributed by atoms with van der Waals surface area (Å²) in [5.74, 6) is -2.12. The fourth-order valence-electron chi connectivity index (χ4n) is 3.55. The minimum Gasteiger partial charge on any atom is -0.478 e. The predicted octanol–water partition coefficient (Wildman–Crippen LogP) is 2.94. The molecule has 0 saturated heterocycles. The fraction of sp³-hybridized carbons (Fsp3) is 0.500. The third-order valence-corrected chi connectivity index (χ3v) is 5.59. The molecule has 24 heavy (non-hydrogen) atoms. The number of hydrogen-bond donors (Lipinski definition) is 2. The Balaban J connectivity index is 2.26. The van der Waals surface area contributed by atoms with Gasteiger partial charge in [0.2, 0.25) is 5.91 Å². The van der Waals surface area contributed by atoms with Crippen LogP contribution in [0.15, 0.2) is 24.3 Å². The zero-order valence-electron chi connectivity index (χ0n) is 14.4. The molecule has 1 aromatic carbocycles. The first kappa shape index (κ1) is 18.0. The van der Waals surface area contributed by atoms with Gasteiger partial charge in [0.1, 0.15) is 0 Å².